The first-order valence-corrected chi connectivity index (χ1v) is 42.0. The minimum atomic E-state index is -0.574. The predicted octanol–water partition coefficient (Wildman–Crippen LogP) is 14.8. The number of hydrogen-bond acceptors (Lipinski definition) is 30. The Balaban J connectivity index is 0.000000119. The summed E-state index contributed by atoms with van der Waals surface area (Å²) >= 11 is 1.41. The van der Waals surface area contributed by atoms with Gasteiger partial charge in [0.15, 0.2) is 27.7 Å². The molecule has 0 saturated carbocycles. The molecule has 21 aromatic rings. The highest BCUT2D eigenvalue weighted by molar-refractivity contribution is 7.22. The molecule has 0 aliphatic rings. The number of pyridine rings is 5. The van der Waals surface area contributed by atoms with Crippen molar-refractivity contribution >= 4 is 156 Å². The van der Waals surface area contributed by atoms with E-state index in [2.05, 4.69) is 114 Å². The van der Waals surface area contributed by atoms with E-state index < -0.39 is 5.82 Å². The summed E-state index contributed by atoms with van der Waals surface area (Å²) in [6.07, 6.45) is 9.21. The maximum atomic E-state index is 13.8. The van der Waals surface area contributed by atoms with E-state index in [4.69, 9.17) is 53.9 Å². The van der Waals surface area contributed by atoms with Gasteiger partial charge in [-0.1, -0.05) is 108 Å². The van der Waals surface area contributed by atoms with E-state index in [1.807, 2.05) is 188 Å². The van der Waals surface area contributed by atoms with Gasteiger partial charge >= 0.3 is 0 Å². The molecule has 0 atom stereocenters. The second-order valence-electron chi connectivity index (χ2n) is 31.5. The number of aromatic hydroxyl groups is 2. The molecule has 0 aliphatic carbocycles. The summed E-state index contributed by atoms with van der Waals surface area (Å²) in [6.45, 7) is 5.34. The molecule has 14 aromatic heterocycles. The number of halogens is 1. The average Bonchev–Trinajstić information content (AvgIpc) is 1.70. The second kappa shape index (κ2) is 35.5. The van der Waals surface area contributed by atoms with Gasteiger partial charge in [0, 0.05) is 134 Å². The van der Waals surface area contributed by atoms with E-state index >= 15 is 0 Å². The lowest BCUT2D eigenvalue weighted by Crippen LogP contribution is -2.15. The molecule has 131 heavy (non-hydrogen) atoms. The Morgan fingerprint density at radius 3 is 1.36 bits per heavy atom. The SMILES string of the molecule is CC(=O)Nc1nc2ccc(-c3nn(Cc4cc5ccccc5nc4N(C)C)c4ncnc(N)c34)cc2s1.CN(C)c1ncccc1Cn1nc(-c2cc(O)cc(F)c2)c2c(N)ncnc21.CN(C)c1ncccc1Cn1nc(-c2cccc(O)c2)c2c(N)ncnc21.Cc1ccccc1-c1nc2ccccc2cc1Cn1nc(-c2ccc3nc(N)ccc3c2)c2c(N)ncnc21. The lowest BCUT2D eigenvalue weighted by atomic mass is 9.99. The number of fused-ring (bicyclic) bond motifs is 8. The van der Waals surface area contributed by atoms with Gasteiger partial charge in [-0.05, 0) is 110 Å². The van der Waals surface area contributed by atoms with Gasteiger partial charge < -0.3 is 58.9 Å². The van der Waals surface area contributed by atoms with Crippen LogP contribution < -0.4 is 48.7 Å². The Labute approximate surface area is 750 Å². The normalized spacial score (nSPS) is 11.3. The van der Waals surface area contributed by atoms with Crippen molar-refractivity contribution < 1.29 is 19.4 Å². The molecular formula is C95H84FN31O3S. The molecule has 0 bridgehead atoms. The summed E-state index contributed by atoms with van der Waals surface area (Å²) < 4.78 is 22.0. The van der Waals surface area contributed by atoms with Crippen LogP contribution >= 0.6 is 11.3 Å². The fourth-order valence-electron chi connectivity index (χ4n) is 15.9. The van der Waals surface area contributed by atoms with Gasteiger partial charge in [0.25, 0.3) is 0 Å². The maximum absolute atomic E-state index is 13.8. The Morgan fingerprint density at radius 1 is 0.389 bits per heavy atom. The number of carbonyl (C=O) groups is 1. The van der Waals surface area contributed by atoms with Crippen molar-refractivity contribution in [3.63, 3.8) is 0 Å². The molecule has 7 aromatic carbocycles. The van der Waals surface area contributed by atoms with Crippen LogP contribution in [0.4, 0.5) is 56.1 Å². The van der Waals surface area contributed by atoms with Crippen LogP contribution in [0, 0.1) is 12.7 Å². The zero-order chi connectivity index (χ0) is 91.0. The van der Waals surface area contributed by atoms with Gasteiger partial charge in [0.1, 0.15) is 112 Å². The summed E-state index contributed by atoms with van der Waals surface area (Å²) in [4.78, 5) is 79.6. The Hall–Kier alpha value is -17.4. The summed E-state index contributed by atoms with van der Waals surface area (Å²) in [5.41, 5.74) is 49.3. The van der Waals surface area contributed by atoms with Crippen molar-refractivity contribution in [3.8, 4) is 67.8 Å². The number of aromatic nitrogens is 22. The molecule has 0 unspecified atom stereocenters. The summed E-state index contributed by atoms with van der Waals surface area (Å²) in [5.74, 6) is 3.57. The fraction of sp³-hybridized carbons (Fsp3) is 0.126. The number of thiazole rings is 1. The van der Waals surface area contributed by atoms with Crippen LogP contribution in [-0.2, 0) is 31.0 Å². The third-order valence-electron chi connectivity index (χ3n) is 21.7. The number of para-hydroxylation sites is 2. The number of hydrogen-bond donors (Lipinski definition) is 8. The van der Waals surface area contributed by atoms with Crippen LogP contribution in [0.5, 0.6) is 11.5 Å². The van der Waals surface area contributed by atoms with Crippen molar-refractivity contribution in [3.05, 3.63) is 272 Å². The third kappa shape index (κ3) is 17.2. The number of benzene rings is 7. The van der Waals surface area contributed by atoms with Crippen LogP contribution in [-0.4, -0.2) is 167 Å². The van der Waals surface area contributed by atoms with Crippen LogP contribution in [0.3, 0.4) is 0 Å². The number of phenolic OH excluding ortho intramolecular Hbond substituents is 2. The highest BCUT2D eigenvalue weighted by atomic mass is 32.1. The first kappa shape index (κ1) is 84.4. The lowest BCUT2D eigenvalue weighted by molar-refractivity contribution is -0.114. The largest absolute Gasteiger partial charge is 0.508 e. The van der Waals surface area contributed by atoms with Crippen LogP contribution in [0.1, 0.15) is 34.7 Å². The number of phenols is 2. The first-order valence-electron chi connectivity index (χ1n) is 41.2. The molecule has 0 radical (unpaired) electrons. The molecule has 0 fully saturated rings. The lowest BCUT2D eigenvalue weighted by Gasteiger charge is -2.17. The number of nitrogens with one attached hydrogen (secondary N) is 1. The van der Waals surface area contributed by atoms with E-state index in [1.54, 1.807) is 46.0 Å². The van der Waals surface area contributed by atoms with E-state index in [1.165, 1.54) is 55.7 Å². The number of carbonyl (C=O) groups excluding carboxylic acids is 1. The number of nitrogens with two attached hydrogens (primary N) is 5. The van der Waals surface area contributed by atoms with Gasteiger partial charge in [-0.15, -0.1) is 0 Å². The standard InChI is InChI=1S/C31H24N8.C26H23N9OS.C19H18FN7O.C19H19N7O/c1-18-6-2-4-8-23(18)28-22(15-19-7-3-5-9-24(19)37-28)16-39-31-27(30(33)34-17-35-31)29(38-39)21-10-12-25-20(14-21)11-13-26(32)36-25;1-14(36)30-26-32-19-9-8-16(11-20(19)37-26)22-21-23(27)28-13-29-25(21)35(33-22)12-17-10-15-6-4-5-7-18(15)31-24(17)34(2)3;1-26(2)18-11(4-3-5-22-18)9-27-19-15(17(21)23-10-24-19)16(25-27)12-6-13(20)8-14(28)7-12;1-25(2)18-13(6-4-8-21-18)10-26-19-15(17(20)22-11-23-19)16(24-26)12-5-3-7-14(27)9-12/h2-15,17H,16H2,1H3,(H2,32,36)(H2,33,34,35);4-11,13H,12H2,1-3H3,(H2,27,28,29)(H,30,32,36);3-8,10,28H,9H2,1-2H3,(H2,21,23,24);3-9,11,27H,10H2,1-2H3,(H2,20,22,23). The van der Waals surface area contributed by atoms with Crippen molar-refractivity contribution in [2.45, 2.75) is 40.0 Å². The monoisotopic (exact) mass is 1760 g/mol. The number of aryl methyl sites for hydroxylation is 1. The molecule has 36 heteroatoms. The number of anilines is 9. The molecule has 34 nitrogen and oxygen atoms in total. The minimum absolute atomic E-state index is 0.158. The molecule has 0 aliphatic heterocycles. The van der Waals surface area contributed by atoms with Crippen molar-refractivity contribution in [2.24, 2.45) is 0 Å². The van der Waals surface area contributed by atoms with Crippen LogP contribution in [0.25, 0.3) is 143 Å². The zero-order valence-corrected chi connectivity index (χ0v) is 72.8. The average molecular weight is 1760 g/mol. The van der Waals surface area contributed by atoms with Gasteiger partial charge in [-0.3, -0.25) is 4.79 Å². The van der Waals surface area contributed by atoms with E-state index in [0.29, 0.717) is 127 Å². The van der Waals surface area contributed by atoms with Gasteiger partial charge in [0.05, 0.1) is 80.2 Å². The van der Waals surface area contributed by atoms with Crippen molar-refractivity contribution in [2.75, 3.05) is 91.0 Å². The summed E-state index contributed by atoms with van der Waals surface area (Å²) in [7, 11) is 11.7. The number of rotatable bonds is 17. The van der Waals surface area contributed by atoms with Crippen LogP contribution in [0.2, 0.25) is 0 Å². The Morgan fingerprint density at radius 2 is 0.840 bits per heavy atom. The van der Waals surface area contributed by atoms with E-state index in [-0.39, 0.29) is 23.2 Å². The van der Waals surface area contributed by atoms with Gasteiger partial charge in [-0.2, -0.15) is 20.4 Å². The molecular weight excluding hydrogens is 1670 g/mol. The molecule has 650 valence electrons. The number of amides is 1. The fourth-order valence-corrected chi connectivity index (χ4v) is 16.8. The van der Waals surface area contributed by atoms with E-state index in [0.717, 1.165) is 122 Å². The van der Waals surface area contributed by atoms with E-state index in [9.17, 15) is 19.4 Å². The quantitative estimate of drug-likeness (QED) is 0.0420. The highest BCUT2D eigenvalue weighted by Gasteiger charge is 2.26. The van der Waals surface area contributed by atoms with Crippen molar-refractivity contribution in [1.82, 2.24) is 109 Å². The number of nitrogens with zero attached hydrogens (tertiary/aromatic N) is 25. The molecule has 14 heterocycles. The molecule has 21 rings (SSSR count). The van der Waals surface area contributed by atoms with Gasteiger partial charge in [0.2, 0.25) is 5.91 Å². The third-order valence-corrected chi connectivity index (χ3v) is 22.6. The summed E-state index contributed by atoms with van der Waals surface area (Å²) in [5, 5.41) is 47.9. The zero-order valence-electron chi connectivity index (χ0n) is 72.0. The topological polar surface area (TPSA) is 461 Å². The Bertz CT molecular complexity index is 7970. The second-order valence-corrected chi connectivity index (χ2v) is 32.5. The first-order chi connectivity index (χ1) is 63.4. The molecule has 0 saturated heterocycles. The number of nitrogen functional groups attached to an aromatic ring is 5. The highest BCUT2D eigenvalue weighted by Crippen LogP contribution is 2.41. The van der Waals surface area contributed by atoms with Crippen LogP contribution in [0.15, 0.2) is 238 Å². The molecule has 1 amide bonds. The maximum Gasteiger partial charge on any atom is 0.223 e. The molecule has 13 N–H and O–H groups in total. The Kier molecular flexibility index (Phi) is 22.9. The van der Waals surface area contributed by atoms with Crippen molar-refractivity contribution in [1.29, 1.82) is 0 Å². The minimum Gasteiger partial charge on any atom is -0.508 e. The smallest absolute Gasteiger partial charge is 0.223 e. The predicted molar refractivity (Wildman–Crippen MR) is 513 cm³/mol. The van der Waals surface area contributed by atoms with Gasteiger partial charge in [-0.25, -0.2) is 92.9 Å². The summed E-state index contributed by atoms with van der Waals surface area (Å²) in [6, 6.07) is 62.7. The molecule has 0 spiro atoms.